The second-order valence-electron chi connectivity index (χ2n) is 8.19. The van der Waals surface area contributed by atoms with E-state index in [2.05, 4.69) is 0 Å². The highest BCUT2D eigenvalue weighted by atomic mass is 19.4. The van der Waals surface area contributed by atoms with E-state index in [-0.39, 0.29) is 29.7 Å². The first-order valence-corrected chi connectivity index (χ1v) is 10.3. The third kappa shape index (κ3) is 5.53. The molecule has 0 saturated carbocycles. The van der Waals surface area contributed by atoms with Crippen LogP contribution >= 0.6 is 0 Å². The van der Waals surface area contributed by atoms with E-state index >= 15 is 0 Å². The van der Waals surface area contributed by atoms with Crippen LogP contribution in [0.5, 0.6) is 0 Å². The smallest absolute Gasteiger partial charge is 0.475 e. The maximum absolute atomic E-state index is 13.6. The van der Waals surface area contributed by atoms with Gasteiger partial charge >= 0.3 is 12.1 Å². The average molecular weight is 481 g/mol. The van der Waals surface area contributed by atoms with Crippen LogP contribution in [0.15, 0.2) is 54.6 Å². The largest absolute Gasteiger partial charge is 0.490 e. The van der Waals surface area contributed by atoms with Gasteiger partial charge in [0.15, 0.2) is 0 Å². The van der Waals surface area contributed by atoms with E-state index in [1.165, 1.54) is 12.1 Å². The standard InChI is InChI=1S/C21H22FN3O2.C2HF3O2/c1-23-13-19(26)25(18-9-5-8-17(22)12-18)15-21(23)10-11-24(14-21)20(27)16-6-3-2-4-7-16;3-2(4,5)1(6)7/h2-9,12H,10-11,13-15H2,1H3;(H,6,7). The Bertz CT molecular complexity index is 1060. The number of anilines is 1. The Morgan fingerprint density at radius 1 is 1.03 bits per heavy atom. The Morgan fingerprint density at radius 3 is 2.26 bits per heavy atom. The van der Waals surface area contributed by atoms with Gasteiger partial charge in [0, 0.05) is 30.9 Å². The fourth-order valence-electron chi connectivity index (χ4n) is 4.07. The monoisotopic (exact) mass is 481 g/mol. The molecule has 0 radical (unpaired) electrons. The number of rotatable bonds is 2. The molecule has 0 aromatic heterocycles. The molecule has 1 unspecified atom stereocenters. The van der Waals surface area contributed by atoms with Gasteiger partial charge in [-0.2, -0.15) is 13.2 Å². The molecule has 2 heterocycles. The average Bonchev–Trinajstić information content (AvgIpc) is 3.21. The minimum atomic E-state index is -5.08. The van der Waals surface area contributed by atoms with E-state index in [1.54, 1.807) is 17.0 Å². The predicted octanol–water partition coefficient (Wildman–Crippen LogP) is 3.02. The zero-order valence-electron chi connectivity index (χ0n) is 18.3. The van der Waals surface area contributed by atoms with Gasteiger partial charge in [0.05, 0.1) is 12.1 Å². The van der Waals surface area contributed by atoms with Crippen molar-refractivity contribution in [2.75, 3.05) is 38.1 Å². The summed E-state index contributed by atoms with van der Waals surface area (Å²) in [4.78, 5) is 39.8. The zero-order valence-corrected chi connectivity index (χ0v) is 18.3. The highest BCUT2D eigenvalue weighted by Crippen LogP contribution is 2.34. The summed E-state index contributed by atoms with van der Waals surface area (Å²) in [6.45, 7) is 1.90. The number of aliphatic carboxylic acids is 1. The molecule has 2 saturated heterocycles. The summed E-state index contributed by atoms with van der Waals surface area (Å²) < 4.78 is 45.4. The van der Waals surface area contributed by atoms with Crippen molar-refractivity contribution >= 4 is 23.5 Å². The lowest BCUT2D eigenvalue weighted by atomic mass is 9.92. The second kappa shape index (κ2) is 9.80. The number of likely N-dealkylation sites (tertiary alicyclic amines) is 1. The van der Waals surface area contributed by atoms with Crippen LogP contribution in [0.2, 0.25) is 0 Å². The number of carbonyl (C=O) groups excluding carboxylic acids is 2. The molecule has 0 bridgehead atoms. The number of carboxylic acid groups (broad SMARTS) is 1. The van der Waals surface area contributed by atoms with Crippen LogP contribution in [-0.2, 0) is 9.59 Å². The lowest BCUT2D eigenvalue weighted by molar-refractivity contribution is -0.192. The summed E-state index contributed by atoms with van der Waals surface area (Å²) in [6, 6.07) is 15.4. The summed E-state index contributed by atoms with van der Waals surface area (Å²) >= 11 is 0. The summed E-state index contributed by atoms with van der Waals surface area (Å²) in [5.41, 5.74) is 0.927. The molecule has 2 fully saturated rings. The molecule has 7 nitrogen and oxygen atoms in total. The molecule has 0 aliphatic carbocycles. The number of amides is 2. The predicted molar refractivity (Wildman–Crippen MR) is 115 cm³/mol. The van der Waals surface area contributed by atoms with Crippen molar-refractivity contribution in [2.24, 2.45) is 0 Å². The number of halogens is 4. The van der Waals surface area contributed by atoms with E-state index in [1.807, 2.05) is 47.2 Å². The number of benzene rings is 2. The van der Waals surface area contributed by atoms with Gasteiger partial charge in [-0.05, 0) is 43.8 Å². The molecule has 4 rings (SSSR count). The molecule has 1 spiro atoms. The fraction of sp³-hybridized carbons (Fsp3) is 0.348. The first kappa shape index (κ1) is 25.2. The van der Waals surface area contributed by atoms with Crippen LogP contribution in [0.3, 0.4) is 0 Å². The Kier molecular flexibility index (Phi) is 7.25. The Balaban J connectivity index is 0.000000406. The quantitative estimate of drug-likeness (QED) is 0.667. The molecule has 34 heavy (non-hydrogen) atoms. The maximum Gasteiger partial charge on any atom is 0.490 e. The molecular formula is C23H23F4N3O4. The van der Waals surface area contributed by atoms with Gasteiger partial charge in [-0.25, -0.2) is 9.18 Å². The third-order valence-electron chi connectivity index (χ3n) is 5.94. The molecule has 182 valence electrons. The van der Waals surface area contributed by atoms with Crippen molar-refractivity contribution in [1.29, 1.82) is 0 Å². The van der Waals surface area contributed by atoms with Crippen LogP contribution < -0.4 is 4.90 Å². The normalized spacial score (nSPS) is 20.8. The van der Waals surface area contributed by atoms with Crippen LogP contribution in [0.4, 0.5) is 23.2 Å². The van der Waals surface area contributed by atoms with Gasteiger partial charge in [-0.15, -0.1) is 0 Å². The van der Waals surface area contributed by atoms with Gasteiger partial charge in [-0.1, -0.05) is 24.3 Å². The van der Waals surface area contributed by atoms with E-state index in [0.717, 1.165) is 6.42 Å². The number of alkyl halides is 3. The molecule has 1 atom stereocenters. The topological polar surface area (TPSA) is 81.2 Å². The number of nitrogens with zero attached hydrogens (tertiary/aromatic N) is 3. The SMILES string of the molecule is CN1CC(=O)N(c2cccc(F)c2)CC12CCN(C(=O)c1ccccc1)C2.O=C(O)C(F)(F)F. The van der Waals surface area contributed by atoms with Gasteiger partial charge in [0.25, 0.3) is 5.91 Å². The van der Waals surface area contributed by atoms with Crippen molar-refractivity contribution in [1.82, 2.24) is 9.80 Å². The number of hydrogen-bond donors (Lipinski definition) is 1. The van der Waals surface area contributed by atoms with E-state index in [0.29, 0.717) is 30.9 Å². The van der Waals surface area contributed by atoms with E-state index in [4.69, 9.17) is 9.90 Å². The summed E-state index contributed by atoms with van der Waals surface area (Å²) in [6.07, 6.45) is -4.30. The Morgan fingerprint density at radius 2 is 1.68 bits per heavy atom. The Labute approximate surface area is 193 Å². The van der Waals surface area contributed by atoms with Crippen molar-refractivity contribution < 1.29 is 37.1 Å². The molecular weight excluding hydrogens is 458 g/mol. The van der Waals surface area contributed by atoms with Gasteiger partial charge in [0.2, 0.25) is 5.91 Å². The zero-order chi connectivity index (χ0) is 25.1. The second-order valence-corrected chi connectivity index (χ2v) is 8.19. The molecule has 2 amide bonds. The van der Waals surface area contributed by atoms with Crippen LogP contribution in [0, 0.1) is 5.82 Å². The summed E-state index contributed by atoms with van der Waals surface area (Å²) in [5.74, 6) is -3.16. The molecule has 2 aliphatic rings. The van der Waals surface area contributed by atoms with Gasteiger partial charge < -0.3 is 14.9 Å². The van der Waals surface area contributed by atoms with Gasteiger partial charge in [-0.3, -0.25) is 14.5 Å². The highest BCUT2D eigenvalue weighted by molar-refractivity contribution is 5.97. The number of hydrogen-bond acceptors (Lipinski definition) is 4. The molecule has 2 aromatic rings. The number of carbonyl (C=O) groups is 3. The fourth-order valence-corrected chi connectivity index (χ4v) is 4.07. The van der Waals surface area contributed by atoms with Crippen molar-refractivity contribution in [3.63, 3.8) is 0 Å². The minimum absolute atomic E-state index is 0.00933. The van der Waals surface area contributed by atoms with Crippen molar-refractivity contribution in [3.8, 4) is 0 Å². The van der Waals surface area contributed by atoms with Gasteiger partial charge in [0.1, 0.15) is 5.82 Å². The van der Waals surface area contributed by atoms with Crippen LogP contribution in [-0.4, -0.2) is 77.6 Å². The van der Waals surface area contributed by atoms with Crippen molar-refractivity contribution in [3.05, 3.63) is 66.0 Å². The first-order chi connectivity index (χ1) is 15.9. The number of piperazine rings is 1. The summed E-state index contributed by atoms with van der Waals surface area (Å²) in [7, 11) is 1.93. The molecule has 1 N–H and O–H groups in total. The van der Waals surface area contributed by atoms with Crippen LogP contribution in [0.25, 0.3) is 0 Å². The van der Waals surface area contributed by atoms with Crippen molar-refractivity contribution in [2.45, 2.75) is 18.1 Å². The number of carboxylic acids is 1. The lowest BCUT2D eigenvalue weighted by Crippen LogP contribution is -2.64. The summed E-state index contributed by atoms with van der Waals surface area (Å²) in [5, 5.41) is 7.12. The minimum Gasteiger partial charge on any atom is -0.475 e. The highest BCUT2D eigenvalue weighted by Gasteiger charge is 2.48. The van der Waals surface area contributed by atoms with Crippen LogP contribution in [0.1, 0.15) is 16.8 Å². The number of likely N-dealkylation sites (N-methyl/N-ethyl adjacent to an activating group) is 1. The lowest BCUT2D eigenvalue weighted by Gasteiger charge is -2.46. The molecule has 2 aliphatic heterocycles. The Hall–Kier alpha value is -3.47. The molecule has 11 heteroatoms. The molecule has 2 aromatic carbocycles. The first-order valence-electron chi connectivity index (χ1n) is 10.3. The van der Waals surface area contributed by atoms with E-state index in [9.17, 15) is 27.2 Å². The maximum atomic E-state index is 13.6. The third-order valence-corrected chi connectivity index (χ3v) is 5.94. The van der Waals surface area contributed by atoms with E-state index < -0.39 is 12.1 Å².